The summed E-state index contributed by atoms with van der Waals surface area (Å²) in [6.07, 6.45) is 3.70. The van der Waals surface area contributed by atoms with Crippen LogP contribution in [0.1, 0.15) is 33.6 Å². The molecule has 0 aliphatic carbocycles. The minimum Gasteiger partial charge on any atom is -0.496 e. The number of nitrogens with one attached hydrogen (secondary N) is 2. The molecule has 0 aliphatic rings. The maximum Gasteiger partial charge on any atom is 0.166 e. The van der Waals surface area contributed by atoms with Crippen molar-refractivity contribution in [3.05, 3.63) is 82.4 Å². The van der Waals surface area contributed by atoms with Gasteiger partial charge in [-0.1, -0.05) is 23.5 Å². The van der Waals surface area contributed by atoms with Crippen molar-refractivity contribution in [1.82, 2.24) is 29.9 Å². The van der Waals surface area contributed by atoms with E-state index in [0.29, 0.717) is 37.9 Å². The number of thioether (sulfide) groups is 2. The first-order chi connectivity index (χ1) is 23.8. The van der Waals surface area contributed by atoms with Crippen LogP contribution in [-0.2, 0) is 16.2 Å². The van der Waals surface area contributed by atoms with Gasteiger partial charge >= 0.3 is 0 Å². The van der Waals surface area contributed by atoms with E-state index in [1.54, 1.807) is 37.7 Å². The second-order valence-corrected chi connectivity index (χ2v) is 13.3. The van der Waals surface area contributed by atoms with Gasteiger partial charge < -0.3 is 33.7 Å². The van der Waals surface area contributed by atoms with Crippen LogP contribution in [0.3, 0.4) is 0 Å². The van der Waals surface area contributed by atoms with Gasteiger partial charge in [0.25, 0.3) is 0 Å². The van der Waals surface area contributed by atoms with Crippen molar-refractivity contribution in [3.63, 3.8) is 0 Å². The quantitative estimate of drug-likeness (QED) is 0.0768. The van der Waals surface area contributed by atoms with E-state index >= 15 is 0 Å². The van der Waals surface area contributed by atoms with Crippen LogP contribution in [0.25, 0.3) is 22.1 Å². The van der Waals surface area contributed by atoms with Gasteiger partial charge in [-0.15, -0.1) is 0 Å². The molecule has 2 N–H and O–H groups in total. The molecule has 13 heteroatoms. The van der Waals surface area contributed by atoms with Crippen LogP contribution in [0.15, 0.2) is 59.1 Å². The summed E-state index contributed by atoms with van der Waals surface area (Å²) < 4.78 is 28.7. The fourth-order valence-corrected chi connectivity index (χ4v) is 7.31. The van der Waals surface area contributed by atoms with Crippen molar-refractivity contribution in [2.75, 3.05) is 40.6 Å². The number of methoxy groups -OCH3 is 2. The fraction of sp³-hybridized carbons (Fsp3) is 0.333. The third-order valence-corrected chi connectivity index (χ3v) is 9.82. The van der Waals surface area contributed by atoms with Gasteiger partial charge in [0.2, 0.25) is 0 Å². The lowest BCUT2D eigenvalue weighted by Gasteiger charge is -2.11. The summed E-state index contributed by atoms with van der Waals surface area (Å²) in [7, 11) is 3.38. The summed E-state index contributed by atoms with van der Waals surface area (Å²) in [5.41, 5.74) is 9.73. The summed E-state index contributed by atoms with van der Waals surface area (Å²) in [6, 6.07) is 11.7. The number of imidazole rings is 2. The van der Waals surface area contributed by atoms with Crippen LogP contribution in [0.2, 0.25) is 0 Å². The largest absolute Gasteiger partial charge is 0.496 e. The number of aromatic nitrogens is 6. The number of hydrogen-bond acceptors (Lipinski definition) is 11. The van der Waals surface area contributed by atoms with E-state index in [0.717, 1.165) is 89.0 Å². The van der Waals surface area contributed by atoms with E-state index in [9.17, 15) is 0 Å². The lowest BCUT2D eigenvalue weighted by molar-refractivity contribution is 0.0765. The summed E-state index contributed by atoms with van der Waals surface area (Å²) in [5.74, 6) is 4.65. The van der Waals surface area contributed by atoms with Crippen molar-refractivity contribution < 1.29 is 23.7 Å². The predicted molar refractivity (Wildman–Crippen MR) is 194 cm³/mol. The number of fused-ring (bicyclic) bond motifs is 2. The zero-order valence-electron chi connectivity index (χ0n) is 28.5. The highest BCUT2D eigenvalue weighted by atomic mass is 32.2. The molecule has 0 spiro atoms. The molecule has 4 aromatic heterocycles. The van der Waals surface area contributed by atoms with Crippen LogP contribution < -0.4 is 18.9 Å². The number of ether oxygens (including phenoxy) is 5. The van der Waals surface area contributed by atoms with Gasteiger partial charge in [0.1, 0.15) is 36.2 Å². The highest BCUT2D eigenvalue weighted by molar-refractivity contribution is 7.98. The third-order valence-electron chi connectivity index (χ3n) is 8.05. The average Bonchev–Trinajstić information content (AvgIpc) is 3.70. The van der Waals surface area contributed by atoms with Crippen molar-refractivity contribution in [2.24, 2.45) is 0 Å². The molecule has 11 nitrogen and oxygen atoms in total. The molecule has 2 aromatic carbocycles. The molecule has 0 aliphatic heterocycles. The first-order valence-electron chi connectivity index (χ1n) is 15.9. The van der Waals surface area contributed by atoms with E-state index in [4.69, 9.17) is 33.7 Å². The molecule has 0 unspecified atom stereocenters. The van der Waals surface area contributed by atoms with Crippen molar-refractivity contribution in [2.45, 2.75) is 49.5 Å². The van der Waals surface area contributed by atoms with E-state index in [-0.39, 0.29) is 0 Å². The molecule has 0 saturated heterocycles. The molecule has 0 radical (unpaired) electrons. The lowest BCUT2D eigenvalue weighted by Crippen LogP contribution is -2.12. The summed E-state index contributed by atoms with van der Waals surface area (Å²) in [6.45, 7) is 9.81. The molecule has 0 fully saturated rings. The number of aromatic amines is 2. The average molecular weight is 701 g/mol. The Morgan fingerprint density at radius 3 is 1.49 bits per heavy atom. The minimum atomic E-state index is 0.423. The van der Waals surface area contributed by atoms with E-state index in [1.807, 2.05) is 76.5 Å². The monoisotopic (exact) mass is 700 g/mol. The lowest BCUT2D eigenvalue weighted by atomic mass is 10.1. The molecule has 0 bridgehead atoms. The maximum absolute atomic E-state index is 5.92. The Balaban J connectivity index is 0.914. The number of pyridine rings is 2. The van der Waals surface area contributed by atoms with Crippen LogP contribution in [0.4, 0.5) is 0 Å². The molecule has 256 valence electrons. The van der Waals surface area contributed by atoms with Crippen LogP contribution in [-0.4, -0.2) is 70.6 Å². The number of benzene rings is 2. The molecule has 4 heterocycles. The number of rotatable bonds is 16. The topological polar surface area (TPSA) is 129 Å². The molecule has 6 rings (SSSR count). The molecule has 0 saturated carbocycles. The minimum absolute atomic E-state index is 0.423. The van der Waals surface area contributed by atoms with Crippen LogP contribution >= 0.6 is 23.5 Å². The van der Waals surface area contributed by atoms with Gasteiger partial charge in [0.05, 0.1) is 60.9 Å². The zero-order valence-corrected chi connectivity index (χ0v) is 30.1. The van der Waals surface area contributed by atoms with E-state index in [2.05, 4.69) is 19.9 Å². The van der Waals surface area contributed by atoms with Crippen molar-refractivity contribution in [3.8, 4) is 23.0 Å². The zero-order chi connectivity index (χ0) is 34.3. The maximum atomic E-state index is 5.92. The number of H-pyrrole nitrogens is 2. The van der Waals surface area contributed by atoms with Crippen LogP contribution in [0.5, 0.6) is 23.0 Å². The number of hydrogen-bond donors (Lipinski definition) is 2. The van der Waals surface area contributed by atoms with E-state index < -0.39 is 0 Å². The van der Waals surface area contributed by atoms with Gasteiger partial charge in [0, 0.05) is 58.3 Å². The molecular weight excluding hydrogens is 661 g/mol. The second kappa shape index (κ2) is 15.8. The second-order valence-electron chi connectivity index (χ2n) is 11.4. The standard InChI is InChI=1S/C36H40N6O5S2/c1-21-17-37-31(23(3)33(21)43-5)19-48-35-39-27-9-7-25(15-29(27)41-35)46-13-11-45-12-14-47-26-8-10-28-30(16-26)42-36(40-28)49-20-32-24(4)34(44-6)22(2)18-38-32/h7-10,15-18H,11-14,19-20H2,1-6H3,(H,39,41)(H,40,42). The molecular formula is C36H40N6O5S2. The smallest absolute Gasteiger partial charge is 0.166 e. The molecule has 0 atom stereocenters. The van der Waals surface area contributed by atoms with Crippen LogP contribution in [0, 0.1) is 27.7 Å². The SMILES string of the molecule is COc1c(C)cnc(CSc2nc3ccc(OCCOCCOc4ccc5nc(SCc6ncc(C)c(OC)c6C)[nH]c5c4)cc3[nH]2)c1C. The fourth-order valence-electron chi connectivity index (χ4n) is 5.49. The Morgan fingerprint density at radius 2 is 1.06 bits per heavy atom. The summed E-state index contributed by atoms with van der Waals surface area (Å²) in [5, 5.41) is 1.66. The summed E-state index contributed by atoms with van der Waals surface area (Å²) >= 11 is 3.21. The Morgan fingerprint density at radius 1 is 0.612 bits per heavy atom. The third kappa shape index (κ3) is 8.23. The number of nitrogens with zero attached hydrogens (tertiary/aromatic N) is 4. The normalized spacial score (nSPS) is 11.4. The van der Waals surface area contributed by atoms with Gasteiger partial charge in [-0.3, -0.25) is 9.97 Å². The van der Waals surface area contributed by atoms with Gasteiger partial charge in [-0.05, 0) is 52.0 Å². The van der Waals surface area contributed by atoms with Gasteiger partial charge in [0.15, 0.2) is 10.3 Å². The van der Waals surface area contributed by atoms with Crippen molar-refractivity contribution in [1.29, 1.82) is 0 Å². The molecule has 49 heavy (non-hydrogen) atoms. The Bertz CT molecular complexity index is 1920. The highest BCUT2D eigenvalue weighted by Gasteiger charge is 2.13. The molecule has 0 amide bonds. The predicted octanol–water partition coefficient (Wildman–Crippen LogP) is 7.54. The summed E-state index contributed by atoms with van der Waals surface area (Å²) in [4.78, 5) is 25.3. The Labute approximate surface area is 293 Å². The Hall–Kier alpha value is -4.46. The van der Waals surface area contributed by atoms with Gasteiger partial charge in [-0.25, -0.2) is 9.97 Å². The Kier molecular flexibility index (Phi) is 11.1. The number of aryl methyl sites for hydroxylation is 2. The molecule has 6 aromatic rings. The van der Waals surface area contributed by atoms with E-state index in [1.165, 1.54) is 0 Å². The highest BCUT2D eigenvalue weighted by Crippen LogP contribution is 2.31. The first-order valence-corrected chi connectivity index (χ1v) is 17.9. The van der Waals surface area contributed by atoms with Gasteiger partial charge in [-0.2, -0.15) is 0 Å². The first kappa shape index (κ1) is 34.4. The van der Waals surface area contributed by atoms with Crippen molar-refractivity contribution >= 4 is 45.6 Å².